The third-order valence-corrected chi connectivity index (χ3v) is 4.22. The van der Waals surface area contributed by atoms with Crippen LogP contribution in [-0.4, -0.2) is 16.7 Å². The van der Waals surface area contributed by atoms with Crippen LogP contribution < -0.4 is 5.32 Å². The number of thiophene rings is 1. The Morgan fingerprint density at radius 2 is 2.25 bits per heavy atom. The SMILES string of the molecule is CCNCc1nnc(-c2cc(Br)sc2Br)o1. The average molecular weight is 367 g/mol. The topological polar surface area (TPSA) is 51.0 Å². The number of hydrogen-bond acceptors (Lipinski definition) is 5. The van der Waals surface area contributed by atoms with Crippen molar-refractivity contribution in [1.29, 1.82) is 0 Å². The van der Waals surface area contributed by atoms with Crippen LogP contribution in [0.1, 0.15) is 12.8 Å². The molecule has 0 spiro atoms. The van der Waals surface area contributed by atoms with E-state index in [1.54, 1.807) is 11.3 Å². The van der Waals surface area contributed by atoms with Crippen molar-refractivity contribution < 1.29 is 4.42 Å². The van der Waals surface area contributed by atoms with Crippen molar-refractivity contribution in [3.05, 3.63) is 19.5 Å². The third kappa shape index (κ3) is 2.71. The molecule has 1 N–H and O–H groups in total. The van der Waals surface area contributed by atoms with Crippen LogP contribution in [0.3, 0.4) is 0 Å². The van der Waals surface area contributed by atoms with E-state index in [0.29, 0.717) is 18.3 Å². The van der Waals surface area contributed by atoms with Gasteiger partial charge in [-0.15, -0.1) is 21.5 Å². The van der Waals surface area contributed by atoms with E-state index in [1.165, 1.54) is 0 Å². The standard InChI is InChI=1S/C9H9Br2N3OS/c1-2-12-4-7-13-14-9(15-7)5-3-6(10)16-8(5)11/h3,12H,2,4H2,1H3. The van der Waals surface area contributed by atoms with Gasteiger partial charge in [-0.25, -0.2) is 0 Å². The van der Waals surface area contributed by atoms with E-state index in [9.17, 15) is 0 Å². The summed E-state index contributed by atoms with van der Waals surface area (Å²) in [6.45, 7) is 3.52. The quantitative estimate of drug-likeness (QED) is 0.900. The molecule has 0 aromatic carbocycles. The average Bonchev–Trinajstić information content (AvgIpc) is 2.82. The van der Waals surface area contributed by atoms with Crippen molar-refractivity contribution in [2.75, 3.05) is 6.54 Å². The molecule has 0 bridgehead atoms. The molecule has 0 unspecified atom stereocenters. The second-order valence-electron chi connectivity index (χ2n) is 3.02. The maximum Gasteiger partial charge on any atom is 0.249 e. The summed E-state index contributed by atoms with van der Waals surface area (Å²) < 4.78 is 7.55. The minimum absolute atomic E-state index is 0.543. The highest BCUT2D eigenvalue weighted by Crippen LogP contribution is 2.37. The van der Waals surface area contributed by atoms with Crippen LogP contribution in [-0.2, 0) is 6.54 Å². The number of hydrogen-bond donors (Lipinski definition) is 1. The molecule has 0 amide bonds. The van der Waals surface area contributed by atoms with Crippen LogP contribution in [0.4, 0.5) is 0 Å². The summed E-state index contributed by atoms with van der Waals surface area (Å²) in [4.78, 5) is 0. The van der Waals surface area contributed by atoms with Crippen LogP contribution in [0.25, 0.3) is 11.5 Å². The van der Waals surface area contributed by atoms with E-state index < -0.39 is 0 Å². The van der Waals surface area contributed by atoms with Gasteiger partial charge in [0, 0.05) is 0 Å². The predicted molar refractivity (Wildman–Crippen MR) is 70.4 cm³/mol. The molecule has 16 heavy (non-hydrogen) atoms. The maximum atomic E-state index is 5.54. The van der Waals surface area contributed by atoms with Crippen LogP contribution in [0, 0.1) is 0 Å². The predicted octanol–water partition coefficient (Wildman–Crippen LogP) is 3.43. The van der Waals surface area contributed by atoms with Crippen molar-refractivity contribution in [2.24, 2.45) is 0 Å². The Balaban J connectivity index is 2.21. The van der Waals surface area contributed by atoms with Gasteiger partial charge in [0.05, 0.1) is 19.7 Å². The molecule has 7 heteroatoms. The maximum absolute atomic E-state index is 5.54. The minimum Gasteiger partial charge on any atom is -0.419 e. The molecule has 0 saturated carbocycles. The summed E-state index contributed by atoms with van der Waals surface area (Å²) in [6, 6.07) is 1.96. The number of nitrogens with one attached hydrogen (secondary N) is 1. The van der Waals surface area contributed by atoms with E-state index in [2.05, 4.69) is 47.4 Å². The fourth-order valence-electron chi connectivity index (χ4n) is 1.15. The van der Waals surface area contributed by atoms with Gasteiger partial charge in [-0.3, -0.25) is 0 Å². The van der Waals surface area contributed by atoms with Crippen molar-refractivity contribution in [2.45, 2.75) is 13.5 Å². The van der Waals surface area contributed by atoms with Gasteiger partial charge >= 0.3 is 0 Å². The molecule has 0 atom stereocenters. The molecule has 2 heterocycles. The highest BCUT2D eigenvalue weighted by molar-refractivity contribution is 9.12. The third-order valence-electron chi connectivity index (χ3n) is 1.88. The zero-order chi connectivity index (χ0) is 11.5. The molecule has 0 aliphatic heterocycles. The summed E-state index contributed by atoms with van der Waals surface area (Å²) in [5.41, 5.74) is 0.923. The van der Waals surface area contributed by atoms with Crippen molar-refractivity contribution >= 4 is 43.2 Å². The molecule has 0 aliphatic rings. The van der Waals surface area contributed by atoms with E-state index >= 15 is 0 Å². The molecule has 0 fully saturated rings. The van der Waals surface area contributed by atoms with Crippen LogP contribution in [0.5, 0.6) is 0 Å². The first-order valence-corrected chi connectivity index (χ1v) is 7.09. The van der Waals surface area contributed by atoms with Gasteiger partial charge in [0.2, 0.25) is 11.8 Å². The Morgan fingerprint density at radius 1 is 1.44 bits per heavy atom. The number of aromatic nitrogens is 2. The second-order valence-corrected chi connectivity index (χ2v) is 6.77. The molecule has 2 aromatic heterocycles. The van der Waals surface area contributed by atoms with Gasteiger partial charge in [0.25, 0.3) is 0 Å². The molecule has 4 nitrogen and oxygen atoms in total. The Morgan fingerprint density at radius 3 is 2.88 bits per heavy atom. The summed E-state index contributed by atoms with van der Waals surface area (Å²) in [7, 11) is 0. The van der Waals surface area contributed by atoms with Gasteiger partial charge in [0.1, 0.15) is 0 Å². The molecule has 0 radical (unpaired) electrons. The van der Waals surface area contributed by atoms with E-state index in [-0.39, 0.29) is 0 Å². The lowest BCUT2D eigenvalue weighted by atomic mass is 10.3. The fourth-order valence-corrected chi connectivity index (χ4v) is 3.93. The molecule has 0 saturated heterocycles. The molecule has 86 valence electrons. The zero-order valence-corrected chi connectivity index (χ0v) is 12.4. The first kappa shape index (κ1) is 12.2. The smallest absolute Gasteiger partial charge is 0.249 e. The summed E-state index contributed by atoms with van der Waals surface area (Å²) >= 11 is 8.46. The number of nitrogens with zero attached hydrogens (tertiary/aromatic N) is 2. The summed E-state index contributed by atoms with van der Waals surface area (Å²) in [5.74, 6) is 1.15. The first-order chi connectivity index (χ1) is 7.70. The molecular weight excluding hydrogens is 358 g/mol. The lowest BCUT2D eigenvalue weighted by Crippen LogP contribution is -2.11. The fraction of sp³-hybridized carbons (Fsp3) is 0.333. The highest BCUT2D eigenvalue weighted by Gasteiger charge is 2.14. The number of halogens is 2. The van der Waals surface area contributed by atoms with Gasteiger partial charge in [-0.1, -0.05) is 6.92 Å². The Labute approximate surface area is 114 Å². The van der Waals surface area contributed by atoms with Gasteiger partial charge in [-0.2, -0.15) is 0 Å². The Hall–Kier alpha value is -0.240. The molecule has 0 aliphatic carbocycles. The lowest BCUT2D eigenvalue weighted by Gasteiger charge is -1.93. The minimum atomic E-state index is 0.543. The zero-order valence-electron chi connectivity index (χ0n) is 8.46. The van der Waals surface area contributed by atoms with Gasteiger partial charge < -0.3 is 9.73 Å². The van der Waals surface area contributed by atoms with E-state index in [4.69, 9.17) is 4.42 Å². The van der Waals surface area contributed by atoms with E-state index in [0.717, 1.165) is 19.7 Å². The normalized spacial score (nSPS) is 10.9. The Bertz CT molecular complexity index is 483. The highest BCUT2D eigenvalue weighted by atomic mass is 79.9. The van der Waals surface area contributed by atoms with Crippen molar-refractivity contribution in [1.82, 2.24) is 15.5 Å². The van der Waals surface area contributed by atoms with Crippen molar-refractivity contribution in [3.63, 3.8) is 0 Å². The number of rotatable bonds is 4. The van der Waals surface area contributed by atoms with Gasteiger partial charge in [0.15, 0.2) is 0 Å². The monoisotopic (exact) mass is 365 g/mol. The summed E-state index contributed by atoms with van der Waals surface area (Å²) in [6.07, 6.45) is 0. The second kappa shape index (κ2) is 5.39. The van der Waals surface area contributed by atoms with Gasteiger partial charge in [-0.05, 0) is 44.5 Å². The van der Waals surface area contributed by atoms with Crippen LogP contribution >= 0.6 is 43.2 Å². The lowest BCUT2D eigenvalue weighted by molar-refractivity contribution is 0.482. The first-order valence-electron chi connectivity index (χ1n) is 4.69. The van der Waals surface area contributed by atoms with Crippen molar-refractivity contribution in [3.8, 4) is 11.5 Å². The summed E-state index contributed by atoms with van der Waals surface area (Å²) in [5, 5.41) is 11.1. The largest absolute Gasteiger partial charge is 0.419 e. The van der Waals surface area contributed by atoms with Crippen LogP contribution in [0.15, 0.2) is 18.1 Å². The molecular formula is C9H9Br2N3OS. The Kier molecular flexibility index (Phi) is 4.12. The molecule has 2 rings (SSSR count). The van der Waals surface area contributed by atoms with Crippen LogP contribution in [0.2, 0.25) is 0 Å². The van der Waals surface area contributed by atoms with E-state index in [1.807, 2.05) is 13.0 Å². The molecule has 2 aromatic rings.